The fourth-order valence-corrected chi connectivity index (χ4v) is 5.48. The third-order valence-electron chi connectivity index (χ3n) is 4.37. The topological polar surface area (TPSA) is 82.2 Å². The van der Waals surface area contributed by atoms with Gasteiger partial charge in [-0.1, -0.05) is 29.3 Å². The number of fused-ring (bicyclic) bond motifs is 3. The van der Waals surface area contributed by atoms with Crippen LogP contribution in [0.2, 0.25) is 10.0 Å². The second-order valence-electron chi connectivity index (χ2n) is 6.06. The third-order valence-corrected chi connectivity index (χ3v) is 6.77. The van der Waals surface area contributed by atoms with E-state index in [1.54, 1.807) is 30.6 Å². The molecule has 3 heterocycles. The number of nitrogens with one attached hydrogen (secondary N) is 1. The zero-order valence-electron chi connectivity index (χ0n) is 14.1. The number of halogens is 2. The SMILES string of the molecule is C=CCN1c2c(cc(Cl)c3c(Cl)c[nH]c23)CN(Cc2cccnn2)S1(=O)=O. The summed E-state index contributed by atoms with van der Waals surface area (Å²) in [6.07, 6.45) is 4.68. The molecule has 1 aliphatic heterocycles. The molecule has 0 fully saturated rings. The summed E-state index contributed by atoms with van der Waals surface area (Å²) >= 11 is 12.6. The Kier molecular flexibility index (Phi) is 4.59. The van der Waals surface area contributed by atoms with Crippen LogP contribution in [0, 0.1) is 0 Å². The first-order valence-electron chi connectivity index (χ1n) is 8.06. The van der Waals surface area contributed by atoms with E-state index in [1.165, 1.54) is 14.7 Å². The first kappa shape index (κ1) is 18.2. The lowest BCUT2D eigenvalue weighted by atomic mass is 10.1. The van der Waals surface area contributed by atoms with Crippen molar-refractivity contribution in [3.63, 3.8) is 0 Å². The van der Waals surface area contributed by atoms with E-state index in [0.29, 0.717) is 32.3 Å². The lowest BCUT2D eigenvalue weighted by Gasteiger charge is -2.37. The Morgan fingerprint density at radius 1 is 1.33 bits per heavy atom. The van der Waals surface area contributed by atoms with Gasteiger partial charge >= 0.3 is 10.2 Å². The molecular weight excluding hydrogens is 409 g/mol. The Hall–Kier alpha value is -2.13. The number of nitrogens with zero attached hydrogens (tertiary/aromatic N) is 4. The fraction of sp³-hybridized carbons (Fsp3) is 0.176. The summed E-state index contributed by atoms with van der Waals surface area (Å²) in [5.74, 6) is 0. The zero-order valence-corrected chi connectivity index (χ0v) is 16.4. The number of H-pyrrole nitrogens is 1. The summed E-state index contributed by atoms with van der Waals surface area (Å²) in [5.41, 5.74) is 2.45. The molecule has 0 bridgehead atoms. The molecule has 1 aromatic carbocycles. The van der Waals surface area contributed by atoms with Gasteiger partial charge in [0, 0.05) is 24.3 Å². The Bertz CT molecular complexity index is 1130. The summed E-state index contributed by atoms with van der Waals surface area (Å²) in [6, 6.07) is 5.21. The van der Waals surface area contributed by atoms with Crippen molar-refractivity contribution in [1.82, 2.24) is 19.5 Å². The smallest absolute Gasteiger partial charge is 0.305 e. The van der Waals surface area contributed by atoms with Crippen LogP contribution in [0.5, 0.6) is 0 Å². The highest BCUT2D eigenvalue weighted by atomic mass is 35.5. The fourth-order valence-electron chi connectivity index (χ4n) is 3.24. The van der Waals surface area contributed by atoms with E-state index in [9.17, 15) is 8.42 Å². The molecule has 2 aromatic heterocycles. The predicted molar refractivity (Wildman–Crippen MR) is 106 cm³/mol. The second-order valence-corrected chi connectivity index (χ2v) is 8.73. The van der Waals surface area contributed by atoms with E-state index in [2.05, 4.69) is 21.8 Å². The quantitative estimate of drug-likeness (QED) is 0.650. The Morgan fingerprint density at radius 2 is 2.15 bits per heavy atom. The Labute approximate surface area is 166 Å². The number of anilines is 1. The normalized spacial score (nSPS) is 16.4. The Balaban J connectivity index is 1.89. The second kappa shape index (κ2) is 6.79. The molecule has 0 saturated heterocycles. The van der Waals surface area contributed by atoms with Crippen LogP contribution in [-0.4, -0.2) is 34.4 Å². The van der Waals surface area contributed by atoms with Crippen LogP contribution >= 0.6 is 23.2 Å². The molecule has 0 aliphatic carbocycles. The van der Waals surface area contributed by atoms with Gasteiger partial charge in [-0.05, 0) is 23.8 Å². The summed E-state index contributed by atoms with van der Waals surface area (Å²) < 4.78 is 29.2. The summed E-state index contributed by atoms with van der Waals surface area (Å²) in [4.78, 5) is 3.05. The molecule has 3 aromatic rings. The van der Waals surface area contributed by atoms with Crippen LogP contribution in [0.3, 0.4) is 0 Å². The molecular formula is C17H15Cl2N5O2S. The number of aromatic amines is 1. The molecule has 27 heavy (non-hydrogen) atoms. The molecule has 10 heteroatoms. The van der Waals surface area contributed by atoms with E-state index in [-0.39, 0.29) is 19.6 Å². The van der Waals surface area contributed by atoms with Crippen molar-refractivity contribution in [2.24, 2.45) is 0 Å². The molecule has 0 amide bonds. The molecule has 0 saturated carbocycles. The van der Waals surface area contributed by atoms with Crippen molar-refractivity contribution in [1.29, 1.82) is 0 Å². The van der Waals surface area contributed by atoms with Crippen molar-refractivity contribution in [2.75, 3.05) is 10.8 Å². The number of hydrogen-bond acceptors (Lipinski definition) is 4. The maximum absolute atomic E-state index is 13.3. The first-order valence-corrected chi connectivity index (χ1v) is 10.2. The monoisotopic (exact) mass is 423 g/mol. The van der Waals surface area contributed by atoms with Gasteiger partial charge in [0.25, 0.3) is 0 Å². The molecule has 0 unspecified atom stereocenters. The van der Waals surface area contributed by atoms with E-state index in [4.69, 9.17) is 23.2 Å². The van der Waals surface area contributed by atoms with E-state index >= 15 is 0 Å². The zero-order chi connectivity index (χ0) is 19.2. The van der Waals surface area contributed by atoms with Crippen molar-refractivity contribution in [2.45, 2.75) is 13.1 Å². The van der Waals surface area contributed by atoms with Crippen LogP contribution in [0.4, 0.5) is 5.69 Å². The van der Waals surface area contributed by atoms with Crippen molar-refractivity contribution in [3.8, 4) is 0 Å². The van der Waals surface area contributed by atoms with Gasteiger partial charge in [0.1, 0.15) is 0 Å². The van der Waals surface area contributed by atoms with Crippen molar-refractivity contribution in [3.05, 3.63) is 64.6 Å². The van der Waals surface area contributed by atoms with Crippen molar-refractivity contribution < 1.29 is 8.42 Å². The molecule has 0 spiro atoms. The van der Waals surface area contributed by atoms with Gasteiger partial charge in [-0.25, -0.2) is 0 Å². The minimum Gasteiger partial charge on any atom is -0.358 e. The predicted octanol–water partition coefficient (Wildman–Crippen LogP) is 3.52. The summed E-state index contributed by atoms with van der Waals surface area (Å²) in [7, 11) is -3.81. The molecule has 0 radical (unpaired) electrons. The molecule has 140 valence electrons. The van der Waals surface area contributed by atoms with Gasteiger partial charge < -0.3 is 4.98 Å². The van der Waals surface area contributed by atoms with Crippen LogP contribution in [0.1, 0.15) is 11.3 Å². The maximum atomic E-state index is 13.3. The minimum atomic E-state index is -3.81. The highest BCUT2D eigenvalue weighted by Crippen LogP contribution is 2.43. The third kappa shape index (κ3) is 2.98. The molecule has 4 rings (SSSR count). The molecule has 7 nitrogen and oxygen atoms in total. The number of aromatic nitrogens is 3. The van der Waals surface area contributed by atoms with Crippen LogP contribution in [0.25, 0.3) is 10.9 Å². The minimum absolute atomic E-state index is 0.102. The number of rotatable bonds is 4. The first-order chi connectivity index (χ1) is 12.9. The standard InChI is InChI=1S/C17H15Cl2N5O2S/c1-2-6-24-17-11(7-13(18)15-14(19)8-20-16(15)17)9-23(27(24,25)26)10-12-4-3-5-21-22-12/h2-5,7-8,20H,1,6,9-10H2. The van der Waals surface area contributed by atoms with Gasteiger partial charge in [-0.15, -0.1) is 6.58 Å². The number of benzene rings is 1. The highest BCUT2D eigenvalue weighted by Gasteiger charge is 2.38. The summed E-state index contributed by atoms with van der Waals surface area (Å²) in [5, 5.41) is 9.31. The van der Waals surface area contributed by atoms with Gasteiger partial charge in [-0.3, -0.25) is 4.31 Å². The molecule has 0 atom stereocenters. The van der Waals surface area contributed by atoms with Crippen LogP contribution < -0.4 is 4.31 Å². The maximum Gasteiger partial charge on any atom is 0.305 e. The van der Waals surface area contributed by atoms with E-state index in [0.717, 1.165) is 5.56 Å². The van der Waals surface area contributed by atoms with Gasteiger partial charge in [0.15, 0.2) is 0 Å². The largest absolute Gasteiger partial charge is 0.358 e. The van der Waals surface area contributed by atoms with Crippen LogP contribution in [-0.2, 0) is 23.3 Å². The van der Waals surface area contributed by atoms with Crippen molar-refractivity contribution >= 4 is 50.0 Å². The van der Waals surface area contributed by atoms with Gasteiger partial charge in [0.05, 0.1) is 40.0 Å². The lowest BCUT2D eigenvalue weighted by Crippen LogP contribution is -2.47. The molecule has 1 aliphatic rings. The molecule has 1 N–H and O–H groups in total. The van der Waals surface area contributed by atoms with E-state index in [1.807, 2.05) is 0 Å². The van der Waals surface area contributed by atoms with Crippen LogP contribution in [0.15, 0.2) is 43.2 Å². The summed E-state index contributed by atoms with van der Waals surface area (Å²) in [6.45, 7) is 4.07. The average Bonchev–Trinajstić information content (AvgIpc) is 3.02. The average molecular weight is 424 g/mol. The highest BCUT2D eigenvalue weighted by molar-refractivity contribution is 7.90. The Morgan fingerprint density at radius 3 is 2.85 bits per heavy atom. The van der Waals surface area contributed by atoms with E-state index < -0.39 is 10.2 Å². The van der Waals surface area contributed by atoms with Gasteiger partial charge in [-0.2, -0.15) is 22.9 Å². The van der Waals surface area contributed by atoms with Gasteiger partial charge in [0.2, 0.25) is 0 Å². The number of hydrogen-bond donors (Lipinski definition) is 1. The lowest BCUT2D eigenvalue weighted by molar-refractivity contribution is 0.387.